The number of thioether (sulfide) groups is 2. The number of anilines is 2. The zero-order valence-electron chi connectivity index (χ0n) is 13.2. The Labute approximate surface area is 164 Å². The van der Waals surface area contributed by atoms with E-state index < -0.39 is 0 Å². The topological polar surface area (TPSA) is 58.1 Å². The molecule has 1 N–H and O–H groups in total. The van der Waals surface area contributed by atoms with Crippen LogP contribution in [0.1, 0.15) is 0 Å². The number of halogens is 2. The maximum atomic E-state index is 12.1. The molecule has 1 aromatic heterocycles. The van der Waals surface area contributed by atoms with Crippen LogP contribution in [0.3, 0.4) is 0 Å². The molecule has 1 amide bonds. The van der Waals surface area contributed by atoms with Crippen LogP contribution < -0.4 is 10.2 Å². The van der Waals surface area contributed by atoms with Crippen LogP contribution in [0.25, 0.3) is 0 Å². The van der Waals surface area contributed by atoms with Crippen molar-refractivity contribution < 1.29 is 4.79 Å². The summed E-state index contributed by atoms with van der Waals surface area (Å²) in [6.45, 7) is 1.98. The van der Waals surface area contributed by atoms with Crippen LogP contribution in [0.5, 0.6) is 0 Å². The van der Waals surface area contributed by atoms with E-state index in [0.717, 1.165) is 35.4 Å². The first-order valence-corrected chi connectivity index (χ1v) is 10.5. The molecule has 2 aromatic rings. The van der Waals surface area contributed by atoms with Gasteiger partial charge in [-0.15, -0.1) is 0 Å². The molecule has 0 saturated carbocycles. The third kappa shape index (κ3) is 5.41. The summed E-state index contributed by atoms with van der Waals surface area (Å²) in [5.41, 5.74) is 0.620. The van der Waals surface area contributed by atoms with Gasteiger partial charge < -0.3 is 10.2 Å². The predicted octanol–water partition coefficient (Wildman–Crippen LogP) is 4.07. The van der Waals surface area contributed by atoms with E-state index in [1.165, 1.54) is 11.8 Å². The lowest BCUT2D eigenvalue weighted by Gasteiger charge is -2.27. The van der Waals surface area contributed by atoms with Crippen LogP contribution in [-0.4, -0.2) is 46.2 Å². The van der Waals surface area contributed by atoms with Crippen molar-refractivity contribution >= 4 is 64.1 Å². The highest BCUT2D eigenvalue weighted by Crippen LogP contribution is 2.26. The highest BCUT2D eigenvalue weighted by Gasteiger charge is 2.13. The van der Waals surface area contributed by atoms with E-state index in [0.29, 0.717) is 15.7 Å². The average Bonchev–Trinajstić information content (AvgIpc) is 2.64. The summed E-state index contributed by atoms with van der Waals surface area (Å²) >= 11 is 15.2. The van der Waals surface area contributed by atoms with Gasteiger partial charge >= 0.3 is 0 Å². The fourth-order valence-electron chi connectivity index (χ4n) is 2.28. The number of aromatic nitrogens is 2. The van der Waals surface area contributed by atoms with Crippen molar-refractivity contribution in [2.24, 2.45) is 0 Å². The van der Waals surface area contributed by atoms with Crippen LogP contribution >= 0.6 is 46.7 Å². The number of carbonyl (C=O) groups is 1. The molecule has 0 aliphatic carbocycles. The minimum Gasteiger partial charge on any atom is -0.355 e. The molecule has 0 unspecified atom stereocenters. The molecule has 1 aliphatic heterocycles. The lowest BCUT2D eigenvalue weighted by atomic mass is 10.3. The number of nitrogens with one attached hydrogen (secondary N) is 1. The molecule has 1 saturated heterocycles. The molecule has 0 radical (unpaired) electrons. The van der Waals surface area contributed by atoms with Crippen molar-refractivity contribution in [3.63, 3.8) is 0 Å². The number of rotatable bonds is 5. The van der Waals surface area contributed by atoms with E-state index in [1.807, 2.05) is 17.8 Å². The van der Waals surface area contributed by atoms with Crippen molar-refractivity contribution in [2.75, 3.05) is 40.6 Å². The Kier molecular flexibility index (Phi) is 6.70. The van der Waals surface area contributed by atoms with Gasteiger partial charge in [0.05, 0.1) is 15.8 Å². The average molecular weight is 415 g/mol. The third-order valence-corrected chi connectivity index (χ3v) is 6.12. The first-order valence-electron chi connectivity index (χ1n) is 7.64. The fraction of sp³-hybridized carbons (Fsp3) is 0.312. The van der Waals surface area contributed by atoms with Gasteiger partial charge in [-0.2, -0.15) is 11.8 Å². The molecule has 5 nitrogen and oxygen atoms in total. The first kappa shape index (κ1) is 18.6. The van der Waals surface area contributed by atoms with Crippen molar-refractivity contribution in [1.82, 2.24) is 9.97 Å². The maximum absolute atomic E-state index is 12.1. The number of hydrogen-bond donors (Lipinski definition) is 1. The molecular formula is C16H16Cl2N4OS2. The Balaban J connectivity index is 1.55. The Bertz CT molecular complexity index is 757. The van der Waals surface area contributed by atoms with Crippen molar-refractivity contribution in [1.29, 1.82) is 0 Å². The number of carbonyl (C=O) groups excluding carboxylic acids is 1. The SMILES string of the molecule is O=C(CSc1cc(N2CCSCC2)ncn1)Nc1ccc(Cl)c(Cl)c1. The second-order valence-corrected chi connectivity index (χ2v) is 8.31. The molecule has 25 heavy (non-hydrogen) atoms. The van der Waals surface area contributed by atoms with E-state index in [4.69, 9.17) is 23.2 Å². The first-order chi connectivity index (χ1) is 12.1. The molecular weight excluding hydrogens is 399 g/mol. The van der Waals surface area contributed by atoms with Gasteiger partial charge in [-0.1, -0.05) is 35.0 Å². The normalized spacial score (nSPS) is 14.4. The maximum Gasteiger partial charge on any atom is 0.234 e. The Hall–Kier alpha value is -1.15. The number of nitrogens with zero attached hydrogens (tertiary/aromatic N) is 3. The molecule has 132 valence electrons. The highest BCUT2D eigenvalue weighted by molar-refractivity contribution is 8.00. The smallest absolute Gasteiger partial charge is 0.234 e. The Morgan fingerprint density at radius 1 is 1.20 bits per heavy atom. The third-order valence-electron chi connectivity index (χ3n) is 3.52. The molecule has 1 aliphatic rings. The Morgan fingerprint density at radius 3 is 2.76 bits per heavy atom. The van der Waals surface area contributed by atoms with E-state index in [2.05, 4.69) is 20.2 Å². The monoisotopic (exact) mass is 414 g/mol. The molecule has 2 heterocycles. The molecule has 1 aromatic carbocycles. The van der Waals surface area contributed by atoms with Crippen LogP contribution in [0, 0.1) is 0 Å². The summed E-state index contributed by atoms with van der Waals surface area (Å²) in [7, 11) is 0. The number of hydrogen-bond acceptors (Lipinski definition) is 6. The van der Waals surface area contributed by atoms with Gasteiger partial charge in [-0.25, -0.2) is 9.97 Å². The number of benzene rings is 1. The molecule has 9 heteroatoms. The summed E-state index contributed by atoms with van der Waals surface area (Å²) in [5, 5.41) is 4.45. The molecule has 0 spiro atoms. The van der Waals surface area contributed by atoms with Crippen molar-refractivity contribution in [2.45, 2.75) is 5.03 Å². The van der Waals surface area contributed by atoms with Gasteiger partial charge in [0, 0.05) is 36.3 Å². The van der Waals surface area contributed by atoms with Crippen molar-refractivity contribution in [3.05, 3.63) is 40.6 Å². The summed E-state index contributed by atoms with van der Waals surface area (Å²) in [5.74, 6) is 3.27. The largest absolute Gasteiger partial charge is 0.355 e. The molecule has 3 rings (SSSR count). The minimum absolute atomic E-state index is 0.127. The number of amides is 1. The molecule has 1 fully saturated rings. The van der Waals surface area contributed by atoms with E-state index >= 15 is 0 Å². The van der Waals surface area contributed by atoms with Gasteiger partial charge in [0.1, 0.15) is 17.2 Å². The van der Waals surface area contributed by atoms with Gasteiger partial charge in [0.15, 0.2) is 0 Å². The van der Waals surface area contributed by atoms with Crippen molar-refractivity contribution in [3.8, 4) is 0 Å². The van der Waals surface area contributed by atoms with Gasteiger partial charge in [0.2, 0.25) is 5.91 Å². The summed E-state index contributed by atoms with van der Waals surface area (Å²) in [4.78, 5) is 22.9. The summed E-state index contributed by atoms with van der Waals surface area (Å²) < 4.78 is 0. The lowest BCUT2D eigenvalue weighted by molar-refractivity contribution is -0.113. The molecule has 0 bridgehead atoms. The van der Waals surface area contributed by atoms with Crippen LogP contribution in [0.15, 0.2) is 35.6 Å². The molecule has 0 atom stereocenters. The quantitative estimate of drug-likeness (QED) is 0.587. The fourth-order valence-corrected chi connectivity index (χ4v) is 4.15. The van der Waals surface area contributed by atoms with E-state index in [1.54, 1.807) is 24.5 Å². The van der Waals surface area contributed by atoms with Gasteiger partial charge in [-0.3, -0.25) is 4.79 Å². The van der Waals surface area contributed by atoms with Crippen LogP contribution in [0.4, 0.5) is 11.5 Å². The predicted molar refractivity (Wildman–Crippen MR) is 107 cm³/mol. The zero-order valence-corrected chi connectivity index (χ0v) is 16.4. The summed E-state index contributed by atoms with van der Waals surface area (Å²) in [6.07, 6.45) is 1.55. The van der Waals surface area contributed by atoms with E-state index in [-0.39, 0.29) is 11.7 Å². The zero-order chi connectivity index (χ0) is 17.6. The van der Waals surface area contributed by atoms with Gasteiger partial charge in [-0.05, 0) is 18.2 Å². The van der Waals surface area contributed by atoms with Crippen LogP contribution in [-0.2, 0) is 4.79 Å². The summed E-state index contributed by atoms with van der Waals surface area (Å²) in [6, 6.07) is 6.94. The standard InChI is InChI=1S/C16H16Cl2N4OS2/c17-12-2-1-11(7-13(12)18)21-15(23)9-25-16-8-14(19-10-20-16)22-3-5-24-6-4-22/h1-2,7-8,10H,3-6,9H2,(H,21,23). The van der Waals surface area contributed by atoms with Gasteiger partial charge in [0.25, 0.3) is 0 Å². The Morgan fingerprint density at radius 2 is 2.00 bits per heavy atom. The highest BCUT2D eigenvalue weighted by atomic mass is 35.5. The lowest BCUT2D eigenvalue weighted by Crippen LogP contribution is -2.33. The van der Waals surface area contributed by atoms with E-state index in [9.17, 15) is 4.79 Å². The second kappa shape index (κ2) is 8.98. The second-order valence-electron chi connectivity index (χ2n) is 5.28. The minimum atomic E-state index is -0.127. The van der Waals surface area contributed by atoms with Crippen LogP contribution in [0.2, 0.25) is 10.0 Å².